The normalized spacial score (nSPS) is 12.6. The minimum atomic E-state index is -0.363. The summed E-state index contributed by atoms with van der Waals surface area (Å²) in [5.41, 5.74) is 4.11. The molecule has 0 aliphatic heterocycles. The summed E-state index contributed by atoms with van der Waals surface area (Å²) in [4.78, 5) is 22.1. The second kappa shape index (κ2) is 14.3. The van der Waals surface area contributed by atoms with Gasteiger partial charge in [-0.25, -0.2) is 9.97 Å². The van der Waals surface area contributed by atoms with Gasteiger partial charge in [-0.2, -0.15) is 0 Å². The van der Waals surface area contributed by atoms with Crippen molar-refractivity contribution in [1.82, 2.24) is 30.8 Å². The van der Waals surface area contributed by atoms with Gasteiger partial charge < -0.3 is 25.8 Å². The predicted octanol–water partition coefficient (Wildman–Crippen LogP) is 5.95. The lowest BCUT2D eigenvalue weighted by molar-refractivity contribution is 0.0895. The Bertz CT molecular complexity index is 1310. The van der Waals surface area contributed by atoms with Gasteiger partial charge in [-0.3, -0.25) is 4.79 Å². The van der Waals surface area contributed by atoms with Gasteiger partial charge in [0.25, 0.3) is 0 Å². The fourth-order valence-electron chi connectivity index (χ4n) is 4.31. The van der Waals surface area contributed by atoms with E-state index in [-0.39, 0.29) is 23.3 Å². The number of amides is 1. The van der Waals surface area contributed by atoms with Crippen molar-refractivity contribution < 1.29 is 9.21 Å². The molecule has 0 fully saturated rings. The van der Waals surface area contributed by atoms with Gasteiger partial charge >= 0.3 is 11.8 Å². The number of carbonyl (C=O) groups excluding carboxylic acids is 1. The average Bonchev–Trinajstić information content (AvgIpc) is 3.46. The number of hydrogen-bond acceptors (Lipinski definition) is 9. The highest BCUT2D eigenvalue weighted by atomic mass is 16.4. The van der Waals surface area contributed by atoms with E-state index in [1.54, 1.807) is 19.4 Å². The number of allylic oxidation sites excluding steroid dienone is 1. The van der Waals surface area contributed by atoms with Crippen LogP contribution in [-0.2, 0) is 11.8 Å². The summed E-state index contributed by atoms with van der Waals surface area (Å²) in [6.45, 7) is 10.2. The molecule has 0 saturated carbocycles. The van der Waals surface area contributed by atoms with E-state index < -0.39 is 0 Å². The fraction of sp³-hybridized carbons (Fsp3) is 0.467. The second-order valence-electron chi connectivity index (χ2n) is 10.7. The maximum absolute atomic E-state index is 13.2. The molecule has 0 radical (unpaired) electrons. The summed E-state index contributed by atoms with van der Waals surface area (Å²) in [5, 5.41) is 24.8. The third-order valence-corrected chi connectivity index (χ3v) is 6.47. The number of benzene rings is 1. The smallest absolute Gasteiger partial charge is 0.309 e. The highest BCUT2D eigenvalue weighted by Gasteiger charge is 2.26. The number of carbonyl (C=O) groups is 1. The molecule has 0 spiro atoms. The number of nitrogens with zero attached hydrogens (tertiary/aromatic N) is 4. The SMILES string of the molecule is CCCCCCC(NC(=O)c1nnc(C(C)(C)C)o1)c1ccc(-c2ccnc(N/C(C=N)=C/NC)n2)cc1CC. The molecule has 3 aromatic rings. The first-order valence-electron chi connectivity index (χ1n) is 14.0. The molecule has 214 valence electrons. The number of aromatic nitrogens is 4. The highest BCUT2D eigenvalue weighted by molar-refractivity contribution is 5.89. The minimum Gasteiger partial charge on any atom is -0.416 e. The second-order valence-corrected chi connectivity index (χ2v) is 10.7. The third kappa shape index (κ3) is 8.21. The van der Waals surface area contributed by atoms with Crippen molar-refractivity contribution in [2.75, 3.05) is 12.4 Å². The van der Waals surface area contributed by atoms with Gasteiger partial charge in [-0.05, 0) is 36.1 Å². The molecule has 1 unspecified atom stereocenters. The molecule has 2 heterocycles. The van der Waals surface area contributed by atoms with Crippen LogP contribution in [0.25, 0.3) is 11.3 Å². The Kier molecular flexibility index (Phi) is 10.9. The Balaban J connectivity index is 1.89. The quantitative estimate of drug-likeness (QED) is 0.144. The average molecular weight is 547 g/mol. The molecule has 1 aromatic carbocycles. The molecule has 2 aromatic heterocycles. The van der Waals surface area contributed by atoms with Gasteiger partial charge in [0, 0.05) is 36.6 Å². The summed E-state index contributed by atoms with van der Waals surface area (Å²) >= 11 is 0. The molecule has 40 heavy (non-hydrogen) atoms. The first-order chi connectivity index (χ1) is 19.2. The molecule has 0 aliphatic rings. The van der Waals surface area contributed by atoms with E-state index in [4.69, 9.17) is 9.83 Å². The summed E-state index contributed by atoms with van der Waals surface area (Å²) in [5.74, 6) is 0.456. The Hall–Kier alpha value is -4.08. The summed E-state index contributed by atoms with van der Waals surface area (Å²) < 4.78 is 5.71. The number of unbranched alkanes of at least 4 members (excludes halogenated alkanes) is 3. The van der Waals surface area contributed by atoms with Crippen molar-refractivity contribution in [2.45, 2.75) is 84.6 Å². The number of anilines is 1. The molecular formula is C30H42N8O2. The van der Waals surface area contributed by atoms with Crippen LogP contribution in [0.1, 0.15) is 100 Å². The van der Waals surface area contributed by atoms with Crippen LogP contribution in [0.2, 0.25) is 0 Å². The number of aryl methyl sites for hydroxylation is 1. The van der Waals surface area contributed by atoms with Crippen LogP contribution in [0.3, 0.4) is 0 Å². The Morgan fingerprint density at radius 2 is 1.93 bits per heavy atom. The zero-order chi connectivity index (χ0) is 29.1. The van der Waals surface area contributed by atoms with E-state index in [1.807, 2.05) is 32.9 Å². The van der Waals surface area contributed by atoms with Gasteiger partial charge in [-0.15, -0.1) is 10.2 Å². The lowest BCUT2D eigenvalue weighted by atomic mass is 9.92. The van der Waals surface area contributed by atoms with Crippen molar-refractivity contribution in [3.63, 3.8) is 0 Å². The van der Waals surface area contributed by atoms with Crippen LogP contribution < -0.4 is 16.0 Å². The molecule has 10 nitrogen and oxygen atoms in total. The van der Waals surface area contributed by atoms with Gasteiger partial charge in [0.1, 0.15) is 0 Å². The van der Waals surface area contributed by atoms with Crippen molar-refractivity contribution >= 4 is 18.1 Å². The van der Waals surface area contributed by atoms with Crippen LogP contribution in [-0.4, -0.2) is 39.3 Å². The largest absolute Gasteiger partial charge is 0.416 e. The van der Waals surface area contributed by atoms with Gasteiger partial charge in [0.2, 0.25) is 11.8 Å². The molecule has 4 N–H and O–H groups in total. The van der Waals surface area contributed by atoms with Crippen molar-refractivity contribution in [2.24, 2.45) is 0 Å². The monoisotopic (exact) mass is 546 g/mol. The Morgan fingerprint density at radius 3 is 2.58 bits per heavy atom. The van der Waals surface area contributed by atoms with Crippen LogP contribution in [0.4, 0.5) is 5.95 Å². The molecular weight excluding hydrogens is 504 g/mol. The van der Waals surface area contributed by atoms with E-state index in [0.717, 1.165) is 60.9 Å². The van der Waals surface area contributed by atoms with Crippen molar-refractivity contribution in [1.29, 1.82) is 5.41 Å². The lowest BCUT2D eigenvalue weighted by Gasteiger charge is -2.22. The van der Waals surface area contributed by atoms with Gasteiger partial charge in [0.15, 0.2) is 0 Å². The Morgan fingerprint density at radius 1 is 1.12 bits per heavy atom. The number of nitrogens with one attached hydrogen (secondary N) is 4. The van der Waals surface area contributed by atoms with Crippen molar-refractivity contribution in [3.8, 4) is 11.3 Å². The minimum absolute atomic E-state index is 0.0178. The first kappa shape index (κ1) is 30.5. The number of rotatable bonds is 14. The fourth-order valence-corrected chi connectivity index (χ4v) is 4.31. The zero-order valence-corrected chi connectivity index (χ0v) is 24.5. The number of hydrogen-bond donors (Lipinski definition) is 4. The summed E-state index contributed by atoms with van der Waals surface area (Å²) in [6, 6.07) is 7.89. The molecule has 3 rings (SSSR count). The van der Waals surface area contributed by atoms with Crippen LogP contribution in [0, 0.1) is 5.41 Å². The molecule has 10 heteroatoms. The summed E-state index contributed by atoms with van der Waals surface area (Å²) in [7, 11) is 1.76. The third-order valence-electron chi connectivity index (χ3n) is 6.47. The lowest BCUT2D eigenvalue weighted by Crippen LogP contribution is -2.29. The molecule has 0 aliphatic carbocycles. The summed E-state index contributed by atoms with van der Waals surface area (Å²) in [6.07, 6.45) is 10.6. The zero-order valence-electron chi connectivity index (χ0n) is 24.5. The molecule has 1 amide bonds. The highest BCUT2D eigenvalue weighted by Crippen LogP contribution is 2.29. The van der Waals surface area contributed by atoms with Gasteiger partial charge in [0.05, 0.1) is 17.4 Å². The van der Waals surface area contributed by atoms with E-state index >= 15 is 0 Å². The van der Waals surface area contributed by atoms with Crippen LogP contribution in [0.5, 0.6) is 0 Å². The van der Waals surface area contributed by atoms with E-state index in [0.29, 0.717) is 17.5 Å². The maximum Gasteiger partial charge on any atom is 0.309 e. The first-order valence-corrected chi connectivity index (χ1v) is 14.0. The van der Waals surface area contributed by atoms with E-state index in [9.17, 15) is 4.79 Å². The van der Waals surface area contributed by atoms with Crippen LogP contribution in [0.15, 0.2) is 46.8 Å². The van der Waals surface area contributed by atoms with E-state index in [2.05, 4.69) is 62.1 Å². The molecule has 0 bridgehead atoms. The maximum atomic E-state index is 13.2. The Labute approximate surface area is 237 Å². The topological polar surface area (TPSA) is 142 Å². The molecule has 1 atom stereocenters. The van der Waals surface area contributed by atoms with Crippen molar-refractivity contribution in [3.05, 3.63) is 65.3 Å². The predicted molar refractivity (Wildman–Crippen MR) is 158 cm³/mol. The van der Waals surface area contributed by atoms with Crippen LogP contribution >= 0.6 is 0 Å². The van der Waals surface area contributed by atoms with Gasteiger partial charge in [-0.1, -0.05) is 72.4 Å². The standard InChI is InChI=1S/C30H42N8O2/c1-7-9-10-11-12-25(35-26(39)27-37-38-28(40-27)30(3,4)5)23-14-13-21(17-20(23)8-2)24-15-16-33-29(36-24)34-22(18-31)19-32-6/h13-19,25,31-32H,7-12H2,1-6H3,(H,35,39)(H,33,34,36)/b22-19+,31-18?. The molecule has 0 saturated heterocycles. The van der Waals surface area contributed by atoms with E-state index in [1.165, 1.54) is 6.21 Å².